The van der Waals surface area contributed by atoms with Crippen LogP contribution < -0.4 is 15.8 Å². The first-order valence-electron chi connectivity index (χ1n) is 7.14. The number of guanidine groups is 1. The third kappa shape index (κ3) is 3.54. The molecule has 2 heterocycles. The minimum absolute atomic E-state index is 0.398. The Kier molecular flexibility index (Phi) is 4.53. The van der Waals surface area contributed by atoms with E-state index in [1.807, 2.05) is 24.3 Å². The second-order valence-electron chi connectivity index (χ2n) is 4.93. The molecule has 0 aliphatic carbocycles. The van der Waals surface area contributed by atoms with Gasteiger partial charge in [-0.15, -0.1) is 0 Å². The normalized spacial score (nSPS) is 14.0. The van der Waals surface area contributed by atoms with Gasteiger partial charge >= 0.3 is 0 Å². The molecule has 0 atom stereocenters. The number of imidazole rings is 1. The van der Waals surface area contributed by atoms with Crippen LogP contribution in [-0.2, 0) is 13.0 Å². The van der Waals surface area contributed by atoms with Crippen LogP contribution in [0, 0.1) is 0 Å². The van der Waals surface area contributed by atoms with Gasteiger partial charge < -0.3 is 20.4 Å². The van der Waals surface area contributed by atoms with Gasteiger partial charge in [0.25, 0.3) is 0 Å². The van der Waals surface area contributed by atoms with E-state index in [0.29, 0.717) is 12.5 Å². The Balaban J connectivity index is 1.53. The van der Waals surface area contributed by atoms with E-state index in [-0.39, 0.29) is 0 Å². The molecule has 1 aromatic heterocycles. The Labute approximate surface area is 133 Å². The molecule has 6 nitrogen and oxygen atoms in total. The average molecular weight is 317 g/mol. The van der Waals surface area contributed by atoms with E-state index < -0.39 is 0 Å². The molecular formula is C15H19N5OS. The fourth-order valence-electron chi connectivity index (χ4n) is 2.26. The van der Waals surface area contributed by atoms with Crippen LogP contribution in [0.1, 0.15) is 5.69 Å². The monoisotopic (exact) mass is 317 g/mol. The summed E-state index contributed by atoms with van der Waals surface area (Å²) in [6.45, 7) is 1.67. The molecule has 1 aromatic carbocycles. The maximum Gasteiger partial charge on any atom is 0.193 e. The summed E-state index contributed by atoms with van der Waals surface area (Å²) < 4.78 is 7.37. The van der Waals surface area contributed by atoms with Crippen LogP contribution in [0.5, 0.6) is 5.75 Å². The van der Waals surface area contributed by atoms with Crippen LogP contribution in [0.3, 0.4) is 0 Å². The highest BCUT2D eigenvalue weighted by molar-refractivity contribution is 7.99. The number of rotatable bonds is 5. The minimum Gasteiger partial charge on any atom is -0.497 e. The van der Waals surface area contributed by atoms with E-state index in [0.717, 1.165) is 41.0 Å². The van der Waals surface area contributed by atoms with Crippen molar-refractivity contribution in [1.29, 1.82) is 0 Å². The molecule has 116 valence electrons. The third-order valence-corrected chi connectivity index (χ3v) is 4.32. The van der Waals surface area contributed by atoms with Gasteiger partial charge in [-0.1, -0.05) is 17.8 Å². The van der Waals surface area contributed by atoms with Gasteiger partial charge in [-0.25, -0.2) is 4.98 Å². The number of aliphatic imine (C=N–C) groups is 1. The van der Waals surface area contributed by atoms with Gasteiger partial charge in [0.1, 0.15) is 5.75 Å². The van der Waals surface area contributed by atoms with Gasteiger partial charge in [-0.3, -0.25) is 4.99 Å². The molecule has 0 fully saturated rings. The molecule has 0 saturated carbocycles. The fourth-order valence-corrected chi connectivity index (χ4v) is 3.22. The van der Waals surface area contributed by atoms with Gasteiger partial charge in [-0.05, 0) is 12.1 Å². The second-order valence-corrected chi connectivity index (χ2v) is 5.99. The highest BCUT2D eigenvalue weighted by atomic mass is 32.2. The van der Waals surface area contributed by atoms with E-state index >= 15 is 0 Å². The van der Waals surface area contributed by atoms with Crippen LogP contribution in [0.25, 0.3) is 0 Å². The third-order valence-electron chi connectivity index (χ3n) is 3.35. The highest BCUT2D eigenvalue weighted by Crippen LogP contribution is 2.24. The number of anilines is 1. The van der Waals surface area contributed by atoms with Crippen molar-refractivity contribution in [2.75, 3.05) is 24.7 Å². The van der Waals surface area contributed by atoms with Gasteiger partial charge in [0.2, 0.25) is 0 Å². The number of methoxy groups -OCH3 is 1. The summed E-state index contributed by atoms with van der Waals surface area (Å²) in [5.41, 5.74) is 7.83. The maximum atomic E-state index is 5.90. The molecule has 1 aliphatic heterocycles. The van der Waals surface area contributed by atoms with Crippen molar-refractivity contribution in [3.63, 3.8) is 0 Å². The standard InChI is InChI=1S/C15H19N5OS/c1-21-13-4-2-3-11(9-13)18-14(16)17-6-5-12-10-20-7-8-22-15(20)19-12/h2-4,9-10H,5-8H2,1H3,(H3,16,17,18). The molecule has 3 N–H and O–H groups in total. The van der Waals surface area contributed by atoms with Crippen molar-refractivity contribution < 1.29 is 4.74 Å². The van der Waals surface area contributed by atoms with Gasteiger partial charge in [0.15, 0.2) is 11.1 Å². The van der Waals surface area contributed by atoms with E-state index in [1.165, 1.54) is 0 Å². The molecule has 0 amide bonds. The quantitative estimate of drug-likeness (QED) is 0.651. The van der Waals surface area contributed by atoms with Crippen LogP contribution in [0.15, 0.2) is 40.6 Å². The Hall–Kier alpha value is -2.15. The van der Waals surface area contributed by atoms with E-state index in [1.54, 1.807) is 18.9 Å². The number of hydrogen-bond donors (Lipinski definition) is 2. The molecule has 7 heteroatoms. The molecule has 0 saturated heterocycles. The Morgan fingerprint density at radius 2 is 2.45 bits per heavy atom. The zero-order valence-corrected chi connectivity index (χ0v) is 13.3. The summed E-state index contributed by atoms with van der Waals surface area (Å²) in [6, 6.07) is 7.58. The molecule has 22 heavy (non-hydrogen) atoms. The average Bonchev–Trinajstić information content (AvgIpc) is 3.08. The number of fused-ring (bicyclic) bond motifs is 1. The lowest BCUT2D eigenvalue weighted by molar-refractivity contribution is 0.415. The smallest absolute Gasteiger partial charge is 0.193 e. The lowest BCUT2D eigenvalue weighted by Gasteiger charge is -2.07. The molecule has 0 radical (unpaired) electrons. The number of hydrogen-bond acceptors (Lipinski definition) is 4. The Morgan fingerprint density at radius 3 is 3.27 bits per heavy atom. The summed E-state index contributed by atoms with van der Waals surface area (Å²) >= 11 is 1.80. The maximum absolute atomic E-state index is 5.90. The zero-order chi connectivity index (χ0) is 15.4. The lowest BCUT2D eigenvalue weighted by Crippen LogP contribution is -2.23. The Morgan fingerprint density at radius 1 is 1.55 bits per heavy atom. The SMILES string of the molecule is COc1cccc(NC(N)=NCCc2cn3c(n2)SCC3)c1. The number of ether oxygens (including phenoxy) is 1. The van der Waals surface area contributed by atoms with E-state index in [9.17, 15) is 0 Å². The number of aromatic nitrogens is 2. The van der Waals surface area contributed by atoms with Crippen LogP contribution in [0.2, 0.25) is 0 Å². The molecule has 0 spiro atoms. The number of nitrogens with zero attached hydrogens (tertiary/aromatic N) is 3. The first-order valence-corrected chi connectivity index (χ1v) is 8.13. The van der Waals surface area contributed by atoms with E-state index in [2.05, 4.69) is 26.1 Å². The summed E-state index contributed by atoms with van der Waals surface area (Å²) in [7, 11) is 1.64. The summed E-state index contributed by atoms with van der Waals surface area (Å²) in [6.07, 6.45) is 2.90. The summed E-state index contributed by atoms with van der Waals surface area (Å²) in [5.74, 6) is 2.30. The molecule has 0 unspecified atom stereocenters. The van der Waals surface area contributed by atoms with Gasteiger partial charge in [0, 0.05) is 43.2 Å². The second kappa shape index (κ2) is 6.74. The topological polar surface area (TPSA) is 77.5 Å². The minimum atomic E-state index is 0.398. The highest BCUT2D eigenvalue weighted by Gasteiger charge is 2.13. The van der Waals surface area contributed by atoms with Crippen molar-refractivity contribution in [1.82, 2.24) is 9.55 Å². The molecule has 3 rings (SSSR count). The predicted molar refractivity (Wildman–Crippen MR) is 89.8 cm³/mol. The number of aryl methyl sites for hydroxylation is 1. The van der Waals surface area contributed by atoms with Crippen molar-refractivity contribution in [3.05, 3.63) is 36.2 Å². The number of nitrogens with two attached hydrogens (primary N) is 1. The van der Waals surface area contributed by atoms with Gasteiger partial charge in [-0.2, -0.15) is 0 Å². The van der Waals surface area contributed by atoms with Crippen LogP contribution in [0.4, 0.5) is 5.69 Å². The molecule has 0 bridgehead atoms. The predicted octanol–water partition coefficient (Wildman–Crippen LogP) is 1.97. The van der Waals surface area contributed by atoms with Crippen LogP contribution in [-0.4, -0.2) is 34.9 Å². The molecule has 1 aliphatic rings. The van der Waals surface area contributed by atoms with Crippen molar-refractivity contribution in [2.45, 2.75) is 18.1 Å². The van der Waals surface area contributed by atoms with Gasteiger partial charge in [0.05, 0.1) is 12.8 Å². The number of thioether (sulfide) groups is 1. The number of nitrogens with one attached hydrogen (secondary N) is 1. The first kappa shape index (κ1) is 14.8. The Bertz CT molecular complexity index is 661. The van der Waals surface area contributed by atoms with Crippen LogP contribution >= 0.6 is 11.8 Å². The molecule has 2 aromatic rings. The van der Waals surface area contributed by atoms with Crippen molar-refractivity contribution in [3.8, 4) is 5.75 Å². The van der Waals surface area contributed by atoms with E-state index in [4.69, 9.17) is 10.5 Å². The zero-order valence-electron chi connectivity index (χ0n) is 12.5. The van der Waals surface area contributed by atoms with Crippen molar-refractivity contribution >= 4 is 23.4 Å². The summed E-state index contributed by atoms with van der Waals surface area (Å²) in [4.78, 5) is 8.91. The fraction of sp³-hybridized carbons (Fsp3) is 0.333. The molecular weight excluding hydrogens is 298 g/mol. The largest absolute Gasteiger partial charge is 0.497 e. The lowest BCUT2D eigenvalue weighted by atomic mass is 10.3. The van der Waals surface area contributed by atoms with Crippen molar-refractivity contribution in [2.24, 2.45) is 10.7 Å². The number of benzene rings is 1. The first-order chi connectivity index (χ1) is 10.7. The summed E-state index contributed by atoms with van der Waals surface area (Å²) in [5, 5.41) is 4.17.